The Balaban J connectivity index is 2.01. The molecule has 2 atom stereocenters. The first-order valence-electron chi connectivity index (χ1n) is 6.77. The average molecular weight is 263 g/mol. The fourth-order valence-electron chi connectivity index (χ4n) is 2.68. The van der Waals surface area contributed by atoms with Crippen molar-refractivity contribution in [3.05, 3.63) is 29.8 Å². The summed E-state index contributed by atoms with van der Waals surface area (Å²) < 4.78 is 5.88. The number of likely N-dealkylation sites (N-methyl/N-ethyl adjacent to an activating group) is 1. The topological polar surface area (TPSA) is 58.6 Å². The highest BCUT2D eigenvalue weighted by Crippen LogP contribution is 2.33. The summed E-state index contributed by atoms with van der Waals surface area (Å²) >= 11 is 0. The standard InChI is InChI=1S/C15H21NO3/c1-3-16-15(14(17)18)9-8-13(10-15)19-12-6-4-11(2)5-7-12/h4-7,13,16H,3,8-10H2,1-2H3,(H,17,18). The van der Waals surface area contributed by atoms with E-state index in [1.54, 1.807) is 0 Å². The molecule has 1 saturated carbocycles. The van der Waals surface area contributed by atoms with Crippen LogP contribution in [-0.4, -0.2) is 29.3 Å². The van der Waals surface area contributed by atoms with Crippen molar-refractivity contribution in [1.29, 1.82) is 0 Å². The van der Waals surface area contributed by atoms with Crippen LogP contribution in [0.1, 0.15) is 31.7 Å². The van der Waals surface area contributed by atoms with Crippen molar-refractivity contribution in [1.82, 2.24) is 5.32 Å². The van der Waals surface area contributed by atoms with E-state index in [9.17, 15) is 9.90 Å². The van der Waals surface area contributed by atoms with E-state index < -0.39 is 11.5 Å². The van der Waals surface area contributed by atoms with Crippen LogP contribution in [0.3, 0.4) is 0 Å². The number of hydrogen-bond donors (Lipinski definition) is 2. The summed E-state index contributed by atoms with van der Waals surface area (Å²) in [6, 6.07) is 7.87. The Labute approximate surface area is 113 Å². The van der Waals surface area contributed by atoms with Crippen LogP contribution in [0.15, 0.2) is 24.3 Å². The molecule has 0 spiro atoms. The SMILES string of the molecule is CCNC1(C(=O)O)CCC(Oc2ccc(C)cc2)C1. The second-order valence-corrected chi connectivity index (χ2v) is 5.21. The van der Waals surface area contributed by atoms with E-state index in [1.165, 1.54) is 5.56 Å². The maximum atomic E-state index is 11.4. The zero-order chi connectivity index (χ0) is 13.9. The van der Waals surface area contributed by atoms with E-state index in [4.69, 9.17) is 4.74 Å². The quantitative estimate of drug-likeness (QED) is 0.856. The lowest BCUT2D eigenvalue weighted by atomic mass is 9.98. The van der Waals surface area contributed by atoms with Gasteiger partial charge >= 0.3 is 5.97 Å². The minimum atomic E-state index is -0.815. The molecule has 0 bridgehead atoms. The Hall–Kier alpha value is -1.55. The van der Waals surface area contributed by atoms with Crippen molar-refractivity contribution in [2.45, 2.75) is 44.8 Å². The van der Waals surface area contributed by atoms with E-state index in [0.29, 0.717) is 19.4 Å². The van der Waals surface area contributed by atoms with Crippen LogP contribution in [0.25, 0.3) is 0 Å². The molecule has 104 valence electrons. The van der Waals surface area contributed by atoms with Crippen molar-refractivity contribution >= 4 is 5.97 Å². The maximum Gasteiger partial charge on any atom is 0.324 e. The number of aryl methyl sites for hydroxylation is 1. The van der Waals surface area contributed by atoms with Gasteiger partial charge in [-0.05, 0) is 38.4 Å². The van der Waals surface area contributed by atoms with Crippen LogP contribution in [0.2, 0.25) is 0 Å². The molecule has 1 aliphatic rings. The van der Waals surface area contributed by atoms with Crippen LogP contribution >= 0.6 is 0 Å². The normalized spacial score (nSPS) is 26.3. The van der Waals surface area contributed by atoms with E-state index in [-0.39, 0.29) is 6.10 Å². The van der Waals surface area contributed by atoms with Crippen LogP contribution in [0.5, 0.6) is 5.75 Å². The Morgan fingerprint density at radius 2 is 2.16 bits per heavy atom. The summed E-state index contributed by atoms with van der Waals surface area (Å²) in [5, 5.41) is 12.5. The van der Waals surface area contributed by atoms with Crippen LogP contribution < -0.4 is 10.1 Å². The predicted octanol–water partition coefficient (Wildman–Crippen LogP) is 2.36. The highest BCUT2D eigenvalue weighted by Gasteiger charge is 2.45. The smallest absolute Gasteiger partial charge is 0.324 e. The first kappa shape index (κ1) is 13.9. The summed E-state index contributed by atoms with van der Waals surface area (Å²) in [6.45, 7) is 4.61. The number of nitrogens with one attached hydrogen (secondary N) is 1. The van der Waals surface area contributed by atoms with Gasteiger partial charge in [-0.25, -0.2) is 0 Å². The Morgan fingerprint density at radius 3 is 2.74 bits per heavy atom. The molecule has 2 rings (SSSR count). The molecule has 4 heteroatoms. The summed E-state index contributed by atoms with van der Waals surface area (Å²) in [5.74, 6) is 0.0395. The molecule has 0 aliphatic heterocycles. The van der Waals surface area contributed by atoms with Crippen LogP contribution in [0.4, 0.5) is 0 Å². The lowest BCUT2D eigenvalue weighted by Gasteiger charge is -2.25. The van der Waals surface area contributed by atoms with E-state index >= 15 is 0 Å². The molecule has 0 radical (unpaired) electrons. The lowest BCUT2D eigenvalue weighted by molar-refractivity contribution is -0.144. The summed E-state index contributed by atoms with van der Waals surface area (Å²) in [6.07, 6.45) is 1.88. The van der Waals surface area contributed by atoms with Crippen LogP contribution in [0, 0.1) is 6.92 Å². The molecule has 0 amide bonds. The van der Waals surface area contributed by atoms with Gasteiger partial charge in [-0.1, -0.05) is 24.6 Å². The first-order valence-corrected chi connectivity index (χ1v) is 6.77. The zero-order valence-electron chi connectivity index (χ0n) is 11.5. The zero-order valence-corrected chi connectivity index (χ0v) is 11.5. The number of benzene rings is 1. The fraction of sp³-hybridized carbons (Fsp3) is 0.533. The second kappa shape index (κ2) is 5.61. The van der Waals surface area contributed by atoms with Gasteiger partial charge in [0.15, 0.2) is 0 Å². The average Bonchev–Trinajstić information content (AvgIpc) is 2.77. The summed E-state index contributed by atoms with van der Waals surface area (Å²) in [4.78, 5) is 11.4. The third kappa shape index (κ3) is 3.07. The highest BCUT2D eigenvalue weighted by atomic mass is 16.5. The molecule has 1 aromatic rings. The number of carboxylic acids is 1. The molecule has 1 fully saturated rings. The molecule has 0 aromatic heterocycles. The molecule has 1 aromatic carbocycles. The Morgan fingerprint density at radius 1 is 1.47 bits per heavy atom. The number of ether oxygens (including phenoxy) is 1. The van der Waals surface area contributed by atoms with Gasteiger partial charge < -0.3 is 15.2 Å². The maximum absolute atomic E-state index is 11.4. The predicted molar refractivity (Wildman–Crippen MR) is 73.5 cm³/mol. The van der Waals surface area contributed by atoms with Crippen molar-refractivity contribution in [2.24, 2.45) is 0 Å². The van der Waals surface area contributed by atoms with Crippen molar-refractivity contribution < 1.29 is 14.6 Å². The second-order valence-electron chi connectivity index (χ2n) is 5.21. The van der Waals surface area contributed by atoms with Gasteiger partial charge in [0.2, 0.25) is 0 Å². The molecule has 1 aliphatic carbocycles. The van der Waals surface area contributed by atoms with E-state index in [1.807, 2.05) is 38.1 Å². The number of hydrogen-bond acceptors (Lipinski definition) is 3. The molecule has 2 unspecified atom stereocenters. The lowest BCUT2D eigenvalue weighted by Crippen LogP contribution is -2.50. The number of aliphatic carboxylic acids is 1. The van der Waals surface area contributed by atoms with Gasteiger partial charge in [-0.15, -0.1) is 0 Å². The molecular weight excluding hydrogens is 242 g/mol. The van der Waals surface area contributed by atoms with Gasteiger partial charge in [0.1, 0.15) is 17.4 Å². The Kier molecular flexibility index (Phi) is 4.10. The van der Waals surface area contributed by atoms with Gasteiger partial charge in [-0.2, -0.15) is 0 Å². The molecule has 0 heterocycles. The molecule has 2 N–H and O–H groups in total. The van der Waals surface area contributed by atoms with Gasteiger partial charge in [-0.3, -0.25) is 4.79 Å². The third-order valence-electron chi connectivity index (χ3n) is 3.72. The van der Waals surface area contributed by atoms with Gasteiger partial charge in [0, 0.05) is 6.42 Å². The monoisotopic (exact) mass is 263 g/mol. The summed E-state index contributed by atoms with van der Waals surface area (Å²) in [7, 11) is 0. The Bertz CT molecular complexity index is 443. The van der Waals surface area contributed by atoms with Gasteiger partial charge in [0.05, 0.1) is 0 Å². The summed E-state index contributed by atoms with van der Waals surface area (Å²) in [5.41, 5.74) is 0.371. The minimum Gasteiger partial charge on any atom is -0.490 e. The van der Waals surface area contributed by atoms with Crippen molar-refractivity contribution in [3.8, 4) is 5.75 Å². The van der Waals surface area contributed by atoms with Gasteiger partial charge in [0.25, 0.3) is 0 Å². The molecular formula is C15H21NO3. The number of carboxylic acid groups (broad SMARTS) is 1. The molecule has 0 saturated heterocycles. The van der Waals surface area contributed by atoms with E-state index in [0.717, 1.165) is 12.2 Å². The largest absolute Gasteiger partial charge is 0.490 e. The van der Waals surface area contributed by atoms with E-state index in [2.05, 4.69) is 5.32 Å². The molecule has 4 nitrogen and oxygen atoms in total. The van der Waals surface area contributed by atoms with Crippen LogP contribution in [-0.2, 0) is 4.79 Å². The molecule has 19 heavy (non-hydrogen) atoms. The first-order chi connectivity index (χ1) is 9.05. The van der Waals surface area contributed by atoms with Crippen molar-refractivity contribution in [3.63, 3.8) is 0 Å². The third-order valence-corrected chi connectivity index (χ3v) is 3.72. The highest BCUT2D eigenvalue weighted by molar-refractivity contribution is 5.79. The fourth-order valence-corrected chi connectivity index (χ4v) is 2.68. The number of rotatable bonds is 5. The van der Waals surface area contributed by atoms with Crippen molar-refractivity contribution in [2.75, 3.05) is 6.54 Å². The minimum absolute atomic E-state index is 0.0298. The number of carbonyl (C=O) groups is 1.